The monoisotopic (exact) mass is 188 g/mol. The summed E-state index contributed by atoms with van der Waals surface area (Å²) in [7, 11) is 1.63. The molecule has 1 N–H and O–H groups in total. The summed E-state index contributed by atoms with van der Waals surface area (Å²) < 4.78 is 5.11. The first-order valence-electron chi connectivity index (χ1n) is 4.48. The molecule has 0 aliphatic heterocycles. The third kappa shape index (κ3) is 1.29. The molecule has 0 fully saturated rings. The molecule has 72 valence electrons. The van der Waals surface area contributed by atoms with Crippen LogP contribution < -0.4 is 4.74 Å². The van der Waals surface area contributed by atoms with Gasteiger partial charge in [0.2, 0.25) is 0 Å². The first-order chi connectivity index (χ1) is 6.72. The topological polar surface area (TPSA) is 29.5 Å². The standard InChI is InChI=1S/C12H12O2/c1-8-3-4-9-7-10(14-2)5-6-11(9)12(8)13/h3-7,13H,1-2H3. The summed E-state index contributed by atoms with van der Waals surface area (Å²) in [5, 5.41) is 11.6. The lowest BCUT2D eigenvalue weighted by atomic mass is 10.1. The van der Waals surface area contributed by atoms with Crippen molar-refractivity contribution in [3.05, 3.63) is 35.9 Å². The van der Waals surface area contributed by atoms with E-state index in [2.05, 4.69) is 0 Å². The Labute approximate surface area is 82.8 Å². The van der Waals surface area contributed by atoms with Gasteiger partial charge < -0.3 is 9.84 Å². The lowest BCUT2D eigenvalue weighted by Crippen LogP contribution is -1.83. The fourth-order valence-corrected chi connectivity index (χ4v) is 1.53. The predicted molar refractivity (Wildman–Crippen MR) is 56.9 cm³/mol. The molecular formula is C12H12O2. The molecule has 0 heterocycles. The molecule has 0 bridgehead atoms. The third-order valence-electron chi connectivity index (χ3n) is 2.40. The minimum Gasteiger partial charge on any atom is -0.507 e. The number of ether oxygens (including phenoxy) is 1. The van der Waals surface area contributed by atoms with Gasteiger partial charge in [-0.25, -0.2) is 0 Å². The zero-order valence-electron chi connectivity index (χ0n) is 8.24. The number of aromatic hydroxyl groups is 1. The number of fused-ring (bicyclic) bond motifs is 1. The first-order valence-corrected chi connectivity index (χ1v) is 4.48. The van der Waals surface area contributed by atoms with Crippen molar-refractivity contribution in [1.29, 1.82) is 0 Å². The maximum atomic E-state index is 9.78. The van der Waals surface area contributed by atoms with E-state index in [0.29, 0.717) is 5.75 Å². The van der Waals surface area contributed by atoms with Crippen molar-refractivity contribution in [2.75, 3.05) is 7.11 Å². The average Bonchev–Trinajstić information content (AvgIpc) is 2.23. The van der Waals surface area contributed by atoms with Gasteiger partial charge in [-0.1, -0.05) is 12.1 Å². The van der Waals surface area contributed by atoms with Gasteiger partial charge in [0.15, 0.2) is 0 Å². The Morgan fingerprint density at radius 1 is 1.14 bits per heavy atom. The van der Waals surface area contributed by atoms with Crippen LogP contribution in [0.25, 0.3) is 10.8 Å². The van der Waals surface area contributed by atoms with Gasteiger partial charge in [-0.3, -0.25) is 0 Å². The van der Waals surface area contributed by atoms with E-state index in [4.69, 9.17) is 4.74 Å². The van der Waals surface area contributed by atoms with E-state index in [0.717, 1.165) is 22.1 Å². The lowest BCUT2D eigenvalue weighted by Gasteiger charge is -2.05. The van der Waals surface area contributed by atoms with Gasteiger partial charge in [-0.2, -0.15) is 0 Å². The Kier molecular flexibility index (Phi) is 2.04. The molecule has 0 radical (unpaired) electrons. The number of phenols is 1. The number of hydrogen-bond acceptors (Lipinski definition) is 2. The van der Waals surface area contributed by atoms with E-state index in [1.165, 1.54) is 0 Å². The van der Waals surface area contributed by atoms with Crippen molar-refractivity contribution < 1.29 is 9.84 Å². The van der Waals surface area contributed by atoms with Gasteiger partial charge in [0.05, 0.1) is 7.11 Å². The van der Waals surface area contributed by atoms with Crippen molar-refractivity contribution >= 4 is 10.8 Å². The van der Waals surface area contributed by atoms with Crippen LogP contribution in [0, 0.1) is 6.92 Å². The zero-order valence-corrected chi connectivity index (χ0v) is 8.24. The Bertz CT molecular complexity index is 475. The van der Waals surface area contributed by atoms with Crippen molar-refractivity contribution in [3.63, 3.8) is 0 Å². The Balaban J connectivity index is 2.74. The fraction of sp³-hybridized carbons (Fsp3) is 0.167. The summed E-state index contributed by atoms with van der Waals surface area (Å²) in [5.41, 5.74) is 0.891. The van der Waals surface area contributed by atoms with E-state index >= 15 is 0 Å². The molecule has 0 atom stereocenters. The second kappa shape index (κ2) is 3.22. The van der Waals surface area contributed by atoms with E-state index in [1.807, 2.05) is 37.3 Å². The SMILES string of the molecule is COc1ccc2c(O)c(C)ccc2c1. The number of hydrogen-bond donors (Lipinski definition) is 1. The largest absolute Gasteiger partial charge is 0.507 e. The van der Waals surface area contributed by atoms with Crippen molar-refractivity contribution in [2.24, 2.45) is 0 Å². The van der Waals surface area contributed by atoms with Crippen LogP contribution in [0.1, 0.15) is 5.56 Å². The second-order valence-electron chi connectivity index (χ2n) is 3.32. The molecule has 0 aliphatic rings. The highest BCUT2D eigenvalue weighted by molar-refractivity contribution is 5.90. The Morgan fingerprint density at radius 3 is 2.64 bits per heavy atom. The average molecular weight is 188 g/mol. The van der Waals surface area contributed by atoms with Crippen LogP contribution in [0.2, 0.25) is 0 Å². The fourth-order valence-electron chi connectivity index (χ4n) is 1.53. The van der Waals surface area contributed by atoms with Gasteiger partial charge in [0.1, 0.15) is 11.5 Å². The highest BCUT2D eigenvalue weighted by atomic mass is 16.5. The molecule has 0 unspecified atom stereocenters. The van der Waals surface area contributed by atoms with Crippen LogP contribution in [0.3, 0.4) is 0 Å². The summed E-state index contributed by atoms with van der Waals surface area (Å²) in [6.07, 6.45) is 0. The van der Waals surface area contributed by atoms with E-state index in [-0.39, 0.29) is 0 Å². The van der Waals surface area contributed by atoms with Crippen LogP contribution in [0.15, 0.2) is 30.3 Å². The number of benzene rings is 2. The molecule has 0 aliphatic carbocycles. The summed E-state index contributed by atoms with van der Waals surface area (Å²) in [6, 6.07) is 9.51. The number of phenolic OH excluding ortho intramolecular Hbond substituents is 1. The number of methoxy groups -OCH3 is 1. The van der Waals surface area contributed by atoms with E-state index < -0.39 is 0 Å². The molecule has 2 aromatic carbocycles. The smallest absolute Gasteiger partial charge is 0.126 e. The van der Waals surface area contributed by atoms with Crippen LogP contribution in [-0.4, -0.2) is 12.2 Å². The molecule has 2 heteroatoms. The summed E-state index contributed by atoms with van der Waals surface area (Å²) in [6.45, 7) is 1.89. The van der Waals surface area contributed by atoms with E-state index in [1.54, 1.807) is 7.11 Å². The molecule has 0 spiro atoms. The highest BCUT2D eigenvalue weighted by Gasteiger charge is 2.03. The maximum absolute atomic E-state index is 9.78. The van der Waals surface area contributed by atoms with E-state index in [9.17, 15) is 5.11 Å². The minimum absolute atomic E-state index is 0.352. The third-order valence-corrected chi connectivity index (χ3v) is 2.40. The van der Waals surface area contributed by atoms with Gasteiger partial charge in [0.25, 0.3) is 0 Å². The Morgan fingerprint density at radius 2 is 1.93 bits per heavy atom. The van der Waals surface area contributed by atoms with Crippen LogP contribution in [0.5, 0.6) is 11.5 Å². The van der Waals surface area contributed by atoms with Gasteiger partial charge in [-0.05, 0) is 36.1 Å². The van der Waals surface area contributed by atoms with Crippen LogP contribution >= 0.6 is 0 Å². The van der Waals surface area contributed by atoms with Gasteiger partial charge in [0, 0.05) is 5.39 Å². The summed E-state index contributed by atoms with van der Waals surface area (Å²) >= 11 is 0. The molecule has 2 nitrogen and oxygen atoms in total. The molecule has 0 saturated heterocycles. The van der Waals surface area contributed by atoms with Gasteiger partial charge >= 0.3 is 0 Å². The normalized spacial score (nSPS) is 10.4. The van der Waals surface area contributed by atoms with Crippen LogP contribution in [0.4, 0.5) is 0 Å². The second-order valence-corrected chi connectivity index (χ2v) is 3.32. The lowest BCUT2D eigenvalue weighted by molar-refractivity contribution is 0.415. The summed E-state index contributed by atoms with van der Waals surface area (Å²) in [5.74, 6) is 1.16. The molecule has 2 aromatic rings. The maximum Gasteiger partial charge on any atom is 0.126 e. The molecule has 0 aromatic heterocycles. The number of aryl methyl sites for hydroxylation is 1. The van der Waals surface area contributed by atoms with Crippen molar-refractivity contribution in [2.45, 2.75) is 6.92 Å². The summed E-state index contributed by atoms with van der Waals surface area (Å²) in [4.78, 5) is 0. The zero-order chi connectivity index (χ0) is 10.1. The van der Waals surface area contributed by atoms with Gasteiger partial charge in [-0.15, -0.1) is 0 Å². The molecule has 0 saturated carbocycles. The quantitative estimate of drug-likeness (QED) is 0.745. The molecular weight excluding hydrogens is 176 g/mol. The molecule has 0 amide bonds. The highest BCUT2D eigenvalue weighted by Crippen LogP contribution is 2.30. The number of rotatable bonds is 1. The minimum atomic E-state index is 0.352. The Hall–Kier alpha value is -1.70. The molecule has 2 rings (SSSR count). The van der Waals surface area contributed by atoms with Crippen molar-refractivity contribution in [3.8, 4) is 11.5 Å². The van der Waals surface area contributed by atoms with Crippen LogP contribution in [-0.2, 0) is 0 Å². The van der Waals surface area contributed by atoms with Crippen molar-refractivity contribution in [1.82, 2.24) is 0 Å². The predicted octanol–water partition coefficient (Wildman–Crippen LogP) is 2.86. The first kappa shape index (κ1) is 8.88. The molecule has 14 heavy (non-hydrogen) atoms.